The zero-order valence-corrected chi connectivity index (χ0v) is 16.7. The van der Waals surface area contributed by atoms with Crippen LogP contribution in [0.3, 0.4) is 0 Å². The van der Waals surface area contributed by atoms with Crippen molar-refractivity contribution in [2.24, 2.45) is 0 Å². The SMILES string of the molecule is Cc1ccc(CN2C(=O)NC(=Cc3cc(F)c(N4CCCC4)cc3C)C2=O)cc1. The molecule has 4 rings (SSSR count). The van der Waals surface area contributed by atoms with Gasteiger partial charge in [-0.15, -0.1) is 0 Å². The summed E-state index contributed by atoms with van der Waals surface area (Å²) in [6.45, 7) is 5.79. The molecule has 150 valence electrons. The lowest BCUT2D eigenvalue weighted by molar-refractivity contribution is -0.123. The highest BCUT2D eigenvalue weighted by Crippen LogP contribution is 2.28. The van der Waals surface area contributed by atoms with Gasteiger partial charge in [-0.2, -0.15) is 0 Å². The Morgan fingerprint density at radius 1 is 1.07 bits per heavy atom. The first-order chi connectivity index (χ1) is 13.9. The summed E-state index contributed by atoms with van der Waals surface area (Å²) in [5.41, 5.74) is 4.20. The molecule has 3 amide bonds. The summed E-state index contributed by atoms with van der Waals surface area (Å²) in [5.74, 6) is -0.711. The summed E-state index contributed by atoms with van der Waals surface area (Å²) in [6.07, 6.45) is 3.70. The zero-order chi connectivity index (χ0) is 20.5. The lowest BCUT2D eigenvalue weighted by Gasteiger charge is -2.19. The molecule has 2 aliphatic rings. The Hall–Kier alpha value is -3.15. The average molecular weight is 393 g/mol. The van der Waals surface area contributed by atoms with Gasteiger partial charge in [0, 0.05) is 13.1 Å². The second kappa shape index (κ2) is 7.70. The van der Waals surface area contributed by atoms with E-state index in [0.717, 1.165) is 42.6 Å². The van der Waals surface area contributed by atoms with E-state index in [9.17, 15) is 14.0 Å². The molecule has 0 aromatic heterocycles. The lowest BCUT2D eigenvalue weighted by atomic mass is 10.1. The van der Waals surface area contributed by atoms with E-state index < -0.39 is 11.9 Å². The number of anilines is 1. The molecule has 2 aromatic rings. The van der Waals surface area contributed by atoms with Crippen LogP contribution >= 0.6 is 0 Å². The number of rotatable bonds is 4. The van der Waals surface area contributed by atoms with Crippen LogP contribution in [0.4, 0.5) is 14.9 Å². The Kier molecular flexibility index (Phi) is 5.09. The van der Waals surface area contributed by atoms with Crippen LogP contribution < -0.4 is 10.2 Å². The number of urea groups is 1. The van der Waals surface area contributed by atoms with Gasteiger partial charge in [-0.1, -0.05) is 29.8 Å². The maximum Gasteiger partial charge on any atom is 0.329 e. The van der Waals surface area contributed by atoms with E-state index in [0.29, 0.717) is 11.3 Å². The van der Waals surface area contributed by atoms with Crippen molar-refractivity contribution in [1.82, 2.24) is 10.2 Å². The van der Waals surface area contributed by atoms with Crippen LogP contribution in [-0.2, 0) is 11.3 Å². The highest BCUT2D eigenvalue weighted by molar-refractivity contribution is 6.14. The maximum absolute atomic E-state index is 14.7. The Morgan fingerprint density at radius 2 is 1.76 bits per heavy atom. The monoisotopic (exact) mass is 393 g/mol. The number of nitrogens with zero attached hydrogens (tertiary/aromatic N) is 2. The van der Waals surface area contributed by atoms with Gasteiger partial charge >= 0.3 is 6.03 Å². The summed E-state index contributed by atoms with van der Waals surface area (Å²) in [5, 5.41) is 2.62. The van der Waals surface area contributed by atoms with E-state index >= 15 is 0 Å². The van der Waals surface area contributed by atoms with Crippen LogP contribution in [0.2, 0.25) is 0 Å². The fourth-order valence-corrected chi connectivity index (χ4v) is 3.78. The van der Waals surface area contributed by atoms with E-state index in [1.165, 1.54) is 11.0 Å². The van der Waals surface area contributed by atoms with Crippen molar-refractivity contribution in [2.75, 3.05) is 18.0 Å². The van der Waals surface area contributed by atoms with Crippen LogP contribution in [0.5, 0.6) is 0 Å². The third-order valence-corrected chi connectivity index (χ3v) is 5.51. The predicted octanol–water partition coefficient (Wildman–Crippen LogP) is 4.14. The molecule has 2 fully saturated rings. The maximum atomic E-state index is 14.7. The number of hydrogen-bond donors (Lipinski definition) is 1. The third-order valence-electron chi connectivity index (χ3n) is 5.51. The fourth-order valence-electron chi connectivity index (χ4n) is 3.78. The first kappa shape index (κ1) is 19.2. The van der Waals surface area contributed by atoms with Gasteiger partial charge in [0.25, 0.3) is 5.91 Å². The van der Waals surface area contributed by atoms with E-state index in [-0.39, 0.29) is 18.1 Å². The topological polar surface area (TPSA) is 52.7 Å². The van der Waals surface area contributed by atoms with Gasteiger partial charge in [0.1, 0.15) is 11.5 Å². The third kappa shape index (κ3) is 3.88. The van der Waals surface area contributed by atoms with E-state index in [2.05, 4.69) is 5.32 Å². The first-order valence-corrected chi connectivity index (χ1v) is 9.87. The number of nitrogens with one attached hydrogen (secondary N) is 1. The molecule has 2 aliphatic heterocycles. The predicted molar refractivity (Wildman–Crippen MR) is 111 cm³/mol. The normalized spacial score (nSPS) is 18.1. The number of halogens is 1. The number of imide groups is 1. The second-order valence-corrected chi connectivity index (χ2v) is 7.72. The van der Waals surface area contributed by atoms with E-state index in [1.807, 2.05) is 49.1 Å². The molecule has 29 heavy (non-hydrogen) atoms. The van der Waals surface area contributed by atoms with Crippen molar-refractivity contribution in [1.29, 1.82) is 0 Å². The molecule has 0 radical (unpaired) electrons. The van der Waals surface area contributed by atoms with Crippen LogP contribution in [0, 0.1) is 19.7 Å². The molecular weight excluding hydrogens is 369 g/mol. The quantitative estimate of drug-likeness (QED) is 0.628. The molecule has 2 aromatic carbocycles. The first-order valence-electron chi connectivity index (χ1n) is 9.87. The number of hydrogen-bond acceptors (Lipinski definition) is 3. The van der Waals surface area contributed by atoms with Crippen molar-refractivity contribution in [3.8, 4) is 0 Å². The van der Waals surface area contributed by atoms with Crippen LogP contribution in [0.15, 0.2) is 42.1 Å². The molecule has 0 aliphatic carbocycles. The van der Waals surface area contributed by atoms with E-state index in [1.54, 1.807) is 6.08 Å². The molecule has 2 heterocycles. The molecule has 0 atom stereocenters. The van der Waals surface area contributed by atoms with Crippen molar-refractivity contribution >= 4 is 23.7 Å². The molecule has 2 saturated heterocycles. The van der Waals surface area contributed by atoms with Gasteiger partial charge in [0.15, 0.2) is 0 Å². The average Bonchev–Trinajstić information content (AvgIpc) is 3.31. The number of benzene rings is 2. The fraction of sp³-hybridized carbons (Fsp3) is 0.304. The Labute approximate surface area is 169 Å². The van der Waals surface area contributed by atoms with Crippen LogP contribution in [-0.4, -0.2) is 29.9 Å². The zero-order valence-electron chi connectivity index (χ0n) is 16.7. The van der Waals surface area contributed by atoms with Crippen molar-refractivity contribution in [3.05, 3.63) is 70.2 Å². The minimum absolute atomic E-state index is 0.165. The number of aryl methyl sites for hydroxylation is 2. The molecule has 0 spiro atoms. The Morgan fingerprint density at radius 3 is 2.45 bits per heavy atom. The molecule has 1 N–H and O–H groups in total. The molecule has 0 unspecified atom stereocenters. The van der Waals surface area contributed by atoms with Crippen molar-refractivity contribution in [3.63, 3.8) is 0 Å². The van der Waals surface area contributed by atoms with Crippen molar-refractivity contribution in [2.45, 2.75) is 33.2 Å². The second-order valence-electron chi connectivity index (χ2n) is 7.72. The summed E-state index contributed by atoms with van der Waals surface area (Å²) in [4.78, 5) is 28.3. The largest absolute Gasteiger partial charge is 0.369 e. The van der Waals surface area contributed by atoms with Gasteiger partial charge in [-0.25, -0.2) is 9.18 Å². The highest BCUT2D eigenvalue weighted by atomic mass is 19.1. The minimum atomic E-state index is -0.464. The summed E-state index contributed by atoms with van der Waals surface area (Å²) >= 11 is 0. The number of amides is 3. The number of carbonyl (C=O) groups excluding carboxylic acids is 2. The Balaban J connectivity index is 1.56. The smallest absolute Gasteiger partial charge is 0.329 e. The number of carbonyl (C=O) groups is 2. The summed E-state index contributed by atoms with van der Waals surface area (Å²) in [7, 11) is 0. The van der Waals surface area contributed by atoms with Gasteiger partial charge in [-0.3, -0.25) is 9.69 Å². The van der Waals surface area contributed by atoms with Crippen LogP contribution in [0.1, 0.15) is 35.1 Å². The minimum Gasteiger partial charge on any atom is -0.369 e. The van der Waals surface area contributed by atoms with Gasteiger partial charge in [0.05, 0.1) is 12.2 Å². The molecule has 6 heteroatoms. The molecular formula is C23H24FN3O2. The summed E-state index contributed by atoms with van der Waals surface area (Å²) in [6, 6.07) is 10.5. The molecule has 5 nitrogen and oxygen atoms in total. The van der Waals surface area contributed by atoms with Crippen LogP contribution in [0.25, 0.3) is 6.08 Å². The van der Waals surface area contributed by atoms with Gasteiger partial charge in [-0.05, 0) is 61.6 Å². The summed E-state index contributed by atoms with van der Waals surface area (Å²) < 4.78 is 14.7. The van der Waals surface area contributed by atoms with Gasteiger partial charge < -0.3 is 10.2 Å². The van der Waals surface area contributed by atoms with Gasteiger partial charge in [0.2, 0.25) is 0 Å². The molecule has 0 saturated carbocycles. The molecule has 0 bridgehead atoms. The lowest BCUT2D eigenvalue weighted by Crippen LogP contribution is -2.30. The highest BCUT2D eigenvalue weighted by Gasteiger charge is 2.33. The van der Waals surface area contributed by atoms with E-state index in [4.69, 9.17) is 0 Å². The standard InChI is InChI=1S/C23H24FN3O2/c1-15-5-7-17(8-6-15)14-27-22(28)20(25-23(27)29)13-18-12-19(24)21(11-16(18)2)26-9-3-4-10-26/h5-8,11-13H,3-4,9-10,14H2,1-2H3,(H,25,29). The Bertz CT molecular complexity index is 992. The van der Waals surface area contributed by atoms with Crippen molar-refractivity contribution < 1.29 is 14.0 Å².